The Morgan fingerprint density at radius 2 is 2.33 bits per heavy atom. The molecule has 1 aliphatic rings. The second-order valence-electron chi connectivity index (χ2n) is 4.61. The molecule has 98 valence electrons. The molecule has 0 saturated carbocycles. The van der Waals surface area contributed by atoms with Gasteiger partial charge < -0.3 is 10.0 Å². The van der Waals surface area contributed by atoms with Crippen molar-refractivity contribution in [3.8, 4) is 0 Å². The van der Waals surface area contributed by atoms with E-state index >= 15 is 0 Å². The van der Waals surface area contributed by atoms with Gasteiger partial charge in [-0.3, -0.25) is 4.79 Å². The number of aliphatic carboxylic acids is 1. The van der Waals surface area contributed by atoms with Gasteiger partial charge in [0, 0.05) is 23.2 Å². The number of fused-ring (bicyclic) bond motifs is 1. The Morgan fingerprint density at radius 1 is 1.56 bits per heavy atom. The lowest BCUT2D eigenvalue weighted by Crippen LogP contribution is -2.39. The molecule has 0 bridgehead atoms. The smallest absolute Gasteiger partial charge is 0.305 e. The number of nitrogens with zero attached hydrogens (tertiary/aromatic N) is 1. The number of carboxylic acids is 1. The number of rotatable bonds is 4. The fourth-order valence-electron chi connectivity index (χ4n) is 2.36. The average Bonchev–Trinajstić information content (AvgIpc) is 2.36. The van der Waals surface area contributed by atoms with Crippen molar-refractivity contribution in [2.24, 2.45) is 0 Å². The summed E-state index contributed by atoms with van der Waals surface area (Å²) in [4.78, 5) is 14.3. The van der Waals surface area contributed by atoms with Crippen molar-refractivity contribution in [1.82, 2.24) is 0 Å². The van der Waals surface area contributed by atoms with Gasteiger partial charge in [-0.25, -0.2) is 0 Å². The number of carbonyl (C=O) groups is 1. The van der Waals surface area contributed by atoms with Gasteiger partial charge in [0.05, 0.1) is 12.1 Å². The average molecular weight is 265 g/mol. The fraction of sp³-hybridized carbons (Fsp3) is 0.500. The molecular weight excluding hydrogens is 246 g/mol. The third-order valence-corrected chi connectivity index (χ3v) is 4.62. The third-order valence-electron chi connectivity index (χ3n) is 3.33. The highest BCUT2D eigenvalue weighted by Crippen LogP contribution is 2.40. The molecule has 0 aromatic heterocycles. The molecule has 0 spiro atoms. The molecule has 1 N–H and O–H groups in total. The first kappa shape index (κ1) is 13.3. The summed E-state index contributed by atoms with van der Waals surface area (Å²) in [6.07, 6.45) is 1.19. The van der Waals surface area contributed by atoms with Gasteiger partial charge in [0.25, 0.3) is 0 Å². The van der Waals surface area contributed by atoms with E-state index in [0.717, 1.165) is 12.2 Å². The second kappa shape index (κ2) is 5.65. The molecule has 1 aromatic rings. The maximum atomic E-state index is 10.8. The van der Waals surface area contributed by atoms with Crippen molar-refractivity contribution in [2.75, 3.05) is 17.2 Å². The quantitative estimate of drug-likeness (QED) is 0.908. The molecule has 0 aliphatic carbocycles. The van der Waals surface area contributed by atoms with E-state index in [1.807, 2.05) is 11.8 Å². The minimum atomic E-state index is -0.726. The standard InChI is InChI=1S/C14H19NO2S/c1-3-11-5-4-6-12-14(11)15(8-7-13(16)17)10(2)9-18-12/h4-6,10H,3,7-9H2,1-2H3,(H,16,17). The van der Waals surface area contributed by atoms with Crippen molar-refractivity contribution in [1.29, 1.82) is 0 Å². The lowest BCUT2D eigenvalue weighted by Gasteiger charge is -2.37. The van der Waals surface area contributed by atoms with Gasteiger partial charge in [-0.15, -0.1) is 11.8 Å². The number of hydrogen-bond donors (Lipinski definition) is 1. The van der Waals surface area contributed by atoms with Gasteiger partial charge in [-0.1, -0.05) is 19.1 Å². The minimum Gasteiger partial charge on any atom is -0.481 e. The van der Waals surface area contributed by atoms with E-state index in [9.17, 15) is 4.79 Å². The summed E-state index contributed by atoms with van der Waals surface area (Å²) in [7, 11) is 0. The van der Waals surface area contributed by atoms with Crippen LogP contribution < -0.4 is 4.90 Å². The van der Waals surface area contributed by atoms with Gasteiger partial charge >= 0.3 is 5.97 Å². The first-order chi connectivity index (χ1) is 8.63. The molecule has 3 nitrogen and oxygen atoms in total. The normalized spacial score (nSPS) is 18.6. The van der Waals surface area contributed by atoms with E-state index in [1.54, 1.807) is 0 Å². The van der Waals surface area contributed by atoms with Crippen molar-refractivity contribution >= 4 is 23.4 Å². The van der Waals surface area contributed by atoms with Crippen LogP contribution in [0.5, 0.6) is 0 Å². The third kappa shape index (κ3) is 2.64. The summed E-state index contributed by atoms with van der Waals surface area (Å²) in [6.45, 7) is 4.92. The summed E-state index contributed by atoms with van der Waals surface area (Å²) >= 11 is 1.88. The predicted octanol–water partition coefficient (Wildman–Crippen LogP) is 3.02. The lowest BCUT2D eigenvalue weighted by atomic mass is 10.1. The second-order valence-corrected chi connectivity index (χ2v) is 5.68. The lowest BCUT2D eigenvalue weighted by molar-refractivity contribution is -0.136. The van der Waals surface area contributed by atoms with Crippen LogP contribution >= 0.6 is 11.8 Å². The van der Waals surface area contributed by atoms with E-state index in [2.05, 4.69) is 36.9 Å². The summed E-state index contributed by atoms with van der Waals surface area (Å²) in [5, 5.41) is 8.87. The first-order valence-corrected chi connectivity index (χ1v) is 7.35. The summed E-state index contributed by atoms with van der Waals surface area (Å²) in [6, 6.07) is 6.77. The molecule has 2 rings (SSSR count). The highest BCUT2D eigenvalue weighted by Gasteiger charge is 2.25. The number of hydrogen-bond acceptors (Lipinski definition) is 3. The van der Waals surface area contributed by atoms with Crippen LogP contribution in [0.3, 0.4) is 0 Å². The van der Waals surface area contributed by atoms with E-state index < -0.39 is 5.97 Å². The van der Waals surface area contributed by atoms with E-state index in [0.29, 0.717) is 12.6 Å². The Bertz CT molecular complexity index is 433. The summed E-state index contributed by atoms with van der Waals surface area (Å²) in [5.41, 5.74) is 2.57. The van der Waals surface area contributed by atoms with Crippen LogP contribution in [0.2, 0.25) is 0 Å². The molecule has 1 unspecified atom stereocenters. The van der Waals surface area contributed by atoms with Crippen molar-refractivity contribution in [3.05, 3.63) is 23.8 Å². The monoisotopic (exact) mass is 265 g/mol. The maximum absolute atomic E-state index is 10.8. The Balaban J connectivity index is 2.33. The number of para-hydroxylation sites is 1. The SMILES string of the molecule is CCc1cccc2c1N(CCC(=O)O)C(C)CS2. The van der Waals surface area contributed by atoms with Gasteiger partial charge in [0.1, 0.15) is 0 Å². The minimum absolute atomic E-state index is 0.201. The Morgan fingerprint density at radius 3 is 3.00 bits per heavy atom. The van der Waals surface area contributed by atoms with E-state index in [-0.39, 0.29) is 6.42 Å². The largest absolute Gasteiger partial charge is 0.481 e. The molecular formula is C14H19NO2S. The van der Waals surface area contributed by atoms with Gasteiger partial charge in [-0.05, 0) is 25.0 Å². The van der Waals surface area contributed by atoms with Crippen LogP contribution in [0.4, 0.5) is 5.69 Å². The Kier molecular flexibility index (Phi) is 4.17. The molecule has 4 heteroatoms. The van der Waals surface area contributed by atoms with Crippen molar-refractivity contribution in [2.45, 2.75) is 37.6 Å². The molecule has 0 fully saturated rings. The van der Waals surface area contributed by atoms with Crippen LogP contribution in [0.15, 0.2) is 23.1 Å². The zero-order chi connectivity index (χ0) is 13.1. The van der Waals surface area contributed by atoms with Crippen molar-refractivity contribution in [3.63, 3.8) is 0 Å². The molecule has 1 aliphatic heterocycles. The van der Waals surface area contributed by atoms with Crippen LogP contribution in [0, 0.1) is 0 Å². The zero-order valence-electron chi connectivity index (χ0n) is 10.8. The van der Waals surface area contributed by atoms with Gasteiger partial charge in [-0.2, -0.15) is 0 Å². The highest BCUT2D eigenvalue weighted by atomic mass is 32.2. The molecule has 0 amide bonds. The molecule has 0 radical (unpaired) electrons. The summed E-state index contributed by atoms with van der Waals surface area (Å²) < 4.78 is 0. The van der Waals surface area contributed by atoms with Crippen LogP contribution in [-0.4, -0.2) is 29.4 Å². The molecule has 1 atom stereocenters. The first-order valence-electron chi connectivity index (χ1n) is 6.36. The fourth-order valence-corrected chi connectivity index (χ4v) is 3.53. The Hall–Kier alpha value is -1.16. The number of aryl methyl sites for hydroxylation is 1. The summed E-state index contributed by atoms with van der Waals surface area (Å²) in [5.74, 6) is 0.302. The number of thioether (sulfide) groups is 1. The highest BCUT2D eigenvalue weighted by molar-refractivity contribution is 7.99. The van der Waals surface area contributed by atoms with Crippen molar-refractivity contribution < 1.29 is 9.90 Å². The number of anilines is 1. The topological polar surface area (TPSA) is 40.5 Å². The zero-order valence-corrected chi connectivity index (χ0v) is 11.7. The van der Waals surface area contributed by atoms with Gasteiger partial charge in [0.2, 0.25) is 0 Å². The predicted molar refractivity (Wildman–Crippen MR) is 75.6 cm³/mol. The number of benzene rings is 1. The van der Waals surface area contributed by atoms with Crippen LogP contribution in [-0.2, 0) is 11.2 Å². The van der Waals surface area contributed by atoms with Gasteiger partial charge in [0.15, 0.2) is 0 Å². The molecule has 1 aromatic carbocycles. The number of carboxylic acid groups (broad SMARTS) is 1. The van der Waals surface area contributed by atoms with E-state index in [1.165, 1.54) is 16.1 Å². The molecule has 0 saturated heterocycles. The molecule has 18 heavy (non-hydrogen) atoms. The van der Waals surface area contributed by atoms with E-state index in [4.69, 9.17) is 5.11 Å². The maximum Gasteiger partial charge on any atom is 0.305 e. The Labute approximate surface area is 112 Å². The van der Waals surface area contributed by atoms with Crippen LogP contribution in [0.25, 0.3) is 0 Å². The van der Waals surface area contributed by atoms with Crippen LogP contribution in [0.1, 0.15) is 25.8 Å². The molecule has 1 heterocycles.